The van der Waals surface area contributed by atoms with Crippen molar-refractivity contribution < 1.29 is 0 Å². The van der Waals surface area contributed by atoms with Crippen molar-refractivity contribution in [1.82, 2.24) is 0 Å². The molecule has 0 saturated heterocycles. The molecule has 0 fully saturated rings. The predicted octanol–water partition coefficient (Wildman–Crippen LogP) is 2.81. The molecule has 0 aromatic heterocycles. The number of nitriles is 1. The minimum Gasteiger partial charge on any atom is -0.247 e. The van der Waals surface area contributed by atoms with E-state index in [1.807, 2.05) is 25.1 Å². The molecular weight excluding hydrogens is 246 g/mol. The molecule has 2 aromatic rings. The summed E-state index contributed by atoms with van der Waals surface area (Å²) in [7, 11) is 0. The maximum atomic E-state index is 9.14. The molecule has 0 N–H and O–H groups in total. The lowest BCUT2D eigenvalue weighted by atomic mass is 9.96. The van der Waals surface area contributed by atoms with E-state index in [9.17, 15) is 0 Å². The third-order valence-corrected chi connectivity index (χ3v) is 4.02. The van der Waals surface area contributed by atoms with Gasteiger partial charge < -0.3 is 0 Å². The Morgan fingerprint density at radius 1 is 1.05 bits per heavy atom. The summed E-state index contributed by atoms with van der Waals surface area (Å²) in [6, 6.07) is 12.4. The Morgan fingerprint density at radius 2 is 1.85 bits per heavy atom. The van der Waals surface area contributed by atoms with Crippen molar-refractivity contribution in [2.45, 2.75) is 13.8 Å². The SMILES string of the molecule is CC1=C(C#N)N=c2cc3c(c(C)c21)=Nc1ccccc1-3. The monoisotopic (exact) mass is 257 g/mol. The number of hydrogen-bond acceptors (Lipinski definition) is 3. The van der Waals surface area contributed by atoms with E-state index < -0.39 is 0 Å². The lowest BCUT2D eigenvalue weighted by molar-refractivity contribution is 1.25. The van der Waals surface area contributed by atoms with Gasteiger partial charge in [0.15, 0.2) is 0 Å². The molecule has 3 heteroatoms. The van der Waals surface area contributed by atoms with Crippen LogP contribution < -0.4 is 10.7 Å². The molecule has 0 aliphatic carbocycles. The first kappa shape index (κ1) is 11.1. The smallest absolute Gasteiger partial charge is 0.144 e. The van der Waals surface area contributed by atoms with Crippen molar-refractivity contribution in [2.75, 3.05) is 0 Å². The van der Waals surface area contributed by atoms with Crippen molar-refractivity contribution in [3.63, 3.8) is 0 Å². The number of fused-ring (bicyclic) bond motifs is 4. The fourth-order valence-corrected chi connectivity index (χ4v) is 3.05. The molecule has 94 valence electrons. The zero-order valence-corrected chi connectivity index (χ0v) is 11.2. The number of allylic oxidation sites excluding steroid dienone is 2. The minimum absolute atomic E-state index is 0.514. The van der Waals surface area contributed by atoms with Gasteiger partial charge in [-0.05, 0) is 37.1 Å². The first-order valence-corrected chi connectivity index (χ1v) is 6.52. The van der Waals surface area contributed by atoms with Gasteiger partial charge in [0.2, 0.25) is 0 Å². The average molecular weight is 257 g/mol. The van der Waals surface area contributed by atoms with Gasteiger partial charge in [-0.2, -0.15) is 5.26 Å². The highest BCUT2D eigenvalue weighted by atomic mass is 14.8. The Bertz CT molecular complexity index is 973. The van der Waals surface area contributed by atoms with E-state index in [0.29, 0.717) is 5.70 Å². The van der Waals surface area contributed by atoms with Crippen LogP contribution in [0.1, 0.15) is 18.1 Å². The van der Waals surface area contributed by atoms with Crippen molar-refractivity contribution in [3.8, 4) is 17.2 Å². The molecule has 2 aromatic carbocycles. The zero-order valence-electron chi connectivity index (χ0n) is 11.2. The van der Waals surface area contributed by atoms with Crippen LogP contribution in [0.5, 0.6) is 0 Å². The van der Waals surface area contributed by atoms with Gasteiger partial charge in [-0.3, -0.25) is 0 Å². The zero-order chi connectivity index (χ0) is 13.9. The summed E-state index contributed by atoms with van der Waals surface area (Å²) >= 11 is 0. The van der Waals surface area contributed by atoms with Crippen LogP contribution in [0, 0.1) is 18.3 Å². The van der Waals surface area contributed by atoms with E-state index in [2.05, 4.69) is 30.1 Å². The molecule has 3 nitrogen and oxygen atoms in total. The first-order valence-electron chi connectivity index (χ1n) is 6.52. The molecule has 2 aliphatic rings. The van der Waals surface area contributed by atoms with Crippen molar-refractivity contribution in [1.29, 1.82) is 5.26 Å². The number of nitrogens with zero attached hydrogens (tertiary/aromatic N) is 3. The number of hydrogen-bond donors (Lipinski definition) is 0. The number of benzene rings is 2. The molecule has 0 spiro atoms. The Balaban J connectivity index is 2.13. The van der Waals surface area contributed by atoms with Crippen LogP contribution in [0.4, 0.5) is 5.69 Å². The maximum absolute atomic E-state index is 9.14. The molecule has 0 saturated carbocycles. The summed E-state index contributed by atoms with van der Waals surface area (Å²) in [4.78, 5) is 9.17. The van der Waals surface area contributed by atoms with Crippen LogP contribution in [0.25, 0.3) is 16.7 Å². The quantitative estimate of drug-likeness (QED) is 0.611. The van der Waals surface area contributed by atoms with Crippen LogP contribution in [0.2, 0.25) is 0 Å². The number of para-hydroxylation sites is 1. The lowest BCUT2D eigenvalue weighted by Crippen LogP contribution is -2.18. The molecular formula is C17H11N3. The van der Waals surface area contributed by atoms with E-state index in [1.54, 1.807) is 0 Å². The standard InChI is InChI=1S/C17H11N3/c1-9-15(8-18)19-14-7-12-11-5-3-4-6-13(11)20-17(12)10(2)16(9)14/h3-7H,1-2H3. The lowest BCUT2D eigenvalue weighted by Gasteiger charge is -2.04. The predicted molar refractivity (Wildman–Crippen MR) is 76.8 cm³/mol. The van der Waals surface area contributed by atoms with Crippen molar-refractivity contribution in [3.05, 3.63) is 57.9 Å². The van der Waals surface area contributed by atoms with Gasteiger partial charge in [-0.1, -0.05) is 18.2 Å². The summed E-state index contributed by atoms with van der Waals surface area (Å²) in [5.41, 5.74) is 6.92. The Kier molecular flexibility index (Phi) is 2.03. The van der Waals surface area contributed by atoms with E-state index in [0.717, 1.165) is 44.2 Å². The minimum atomic E-state index is 0.514. The average Bonchev–Trinajstić information content (AvgIpc) is 2.98. The molecule has 0 atom stereocenters. The van der Waals surface area contributed by atoms with Gasteiger partial charge in [0, 0.05) is 16.7 Å². The Morgan fingerprint density at radius 3 is 2.65 bits per heavy atom. The van der Waals surface area contributed by atoms with Crippen LogP contribution in [0.3, 0.4) is 0 Å². The molecule has 2 aliphatic heterocycles. The highest BCUT2D eigenvalue weighted by molar-refractivity contribution is 5.83. The Hall–Kier alpha value is -2.73. The normalized spacial score (nSPS) is 14.1. The van der Waals surface area contributed by atoms with Gasteiger partial charge in [0.05, 0.1) is 16.4 Å². The van der Waals surface area contributed by atoms with Crippen LogP contribution in [-0.4, -0.2) is 0 Å². The van der Waals surface area contributed by atoms with Crippen molar-refractivity contribution in [2.24, 2.45) is 9.98 Å². The van der Waals surface area contributed by atoms with E-state index in [1.165, 1.54) is 0 Å². The summed E-state index contributed by atoms with van der Waals surface area (Å²) in [5, 5.41) is 11.0. The molecule has 4 rings (SSSR count). The third kappa shape index (κ3) is 1.23. The molecule has 20 heavy (non-hydrogen) atoms. The summed E-state index contributed by atoms with van der Waals surface area (Å²) in [6.07, 6.45) is 0. The highest BCUT2D eigenvalue weighted by Gasteiger charge is 2.22. The third-order valence-electron chi connectivity index (χ3n) is 4.02. The molecule has 0 amide bonds. The highest BCUT2D eigenvalue weighted by Crippen LogP contribution is 2.33. The second-order valence-corrected chi connectivity index (χ2v) is 5.12. The summed E-state index contributed by atoms with van der Waals surface area (Å²) in [5.74, 6) is 0. The van der Waals surface area contributed by atoms with Gasteiger partial charge in [-0.25, -0.2) is 9.98 Å². The molecule has 0 radical (unpaired) electrons. The maximum Gasteiger partial charge on any atom is 0.144 e. The molecule has 0 unspecified atom stereocenters. The van der Waals surface area contributed by atoms with E-state index >= 15 is 0 Å². The van der Waals surface area contributed by atoms with Crippen LogP contribution >= 0.6 is 0 Å². The second-order valence-electron chi connectivity index (χ2n) is 5.12. The fraction of sp³-hybridized carbons (Fsp3) is 0.118. The molecule has 0 bridgehead atoms. The second kappa shape index (κ2) is 3.64. The van der Waals surface area contributed by atoms with E-state index in [-0.39, 0.29) is 0 Å². The first-order chi connectivity index (χ1) is 9.70. The van der Waals surface area contributed by atoms with Crippen molar-refractivity contribution >= 4 is 11.3 Å². The van der Waals surface area contributed by atoms with Gasteiger partial charge >= 0.3 is 0 Å². The van der Waals surface area contributed by atoms with Gasteiger partial charge in [0.1, 0.15) is 11.8 Å². The fourth-order valence-electron chi connectivity index (χ4n) is 3.05. The van der Waals surface area contributed by atoms with Crippen LogP contribution in [-0.2, 0) is 0 Å². The largest absolute Gasteiger partial charge is 0.247 e. The Labute approximate surface area is 116 Å². The number of rotatable bonds is 0. The van der Waals surface area contributed by atoms with Gasteiger partial charge in [0.25, 0.3) is 0 Å². The topological polar surface area (TPSA) is 48.5 Å². The summed E-state index contributed by atoms with van der Waals surface area (Å²) < 4.78 is 0. The summed E-state index contributed by atoms with van der Waals surface area (Å²) in [6.45, 7) is 4.02. The molecule has 2 heterocycles. The van der Waals surface area contributed by atoms with E-state index in [4.69, 9.17) is 10.3 Å². The van der Waals surface area contributed by atoms with Gasteiger partial charge in [-0.15, -0.1) is 0 Å². The van der Waals surface area contributed by atoms with Crippen LogP contribution in [0.15, 0.2) is 46.0 Å².